The molecule has 1 fully saturated rings. The number of H-pyrrole nitrogens is 1. The number of benzene rings is 1. The van der Waals surface area contributed by atoms with E-state index in [0.29, 0.717) is 46.2 Å². The van der Waals surface area contributed by atoms with Crippen molar-refractivity contribution in [1.82, 2.24) is 14.9 Å². The highest BCUT2D eigenvalue weighted by molar-refractivity contribution is 7.71. The number of fused-ring (bicyclic) bond motifs is 2. The maximum absolute atomic E-state index is 12.8. The van der Waals surface area contributed by atoms with Crippen LogP contribution in [0.5, 0.6) is 11.5 Å². The summed E-state index contributed by atoms with van der Waals surface area (Å²) in [6.45, 7) is 0.692. The zero-order valence-corrected chi connectivity index (χ0v) is 15.2. The lowest BCUT2D eigenvalue weighted by molar-refractivity contribution is -0.121. The Labute approximate surface area is 155 Å². The maximum atomic E-state index is 12.8. The molecular weight excluding hydrogens is 354 g/mol. The molecule has 1 aliphatic carbocycles. The standard InChI is InChI=1S/C18H21N3O4S/c22-16(19-11-5-6-11)4-2-1-3-7-21-17(23)12-8-14-15(25-10-24-14)9-13(12)20-18(21)26/h8-9,11H,1-7,10H2,(H,19,22)(H,20,26). The number of amides is 1. The molecule has 7 nitrogen and oxygen atoms in total. The Morgan fingerprint density at radius 3 is 2.77 bits per heavy atom. The summed E-state index contributed by atoms with van der Waals surface area (Å²) in [5, 5.41) is 3.52. The summed E-state index contributed by atoms with van der Waals surface area (Å²) in [6.07, 6.45) is 5.24. The van der Waals surface area contributed by atoms with Gasteiger partial charge in [-0.3, -0.25) is 14.2 Å². The molecule has 0 spiro atoms. The predicted octanol–water partition coefficient (Wildman–Crippen LogP) is 2.63. The fraction of sp³-hybridized carbons (Fsp3) is 0.500. The van der Waals surface area contributed by atoms with Crippen LogP contribution in [0.15, 0.2) is 16.9 Å². The molecule has 0 unspecified atom stereocenters. The first-order valence-electron chi connectivity index (χ1n) is 8.97. The number of aromatic nitrogens is 2. The Hall–Kier alpha value is -2.35. The molecule has 4 rings (SSSR count). The van der Waals surface area contributed by atoms with Crippen LogP contribution in [0, 0.1) is 4.77 Å². The van der Waals surface area contributed by atoms with E-state index in [0.717, 1.165) is 32.1 Å². The first-order valence-corrected chi connectivity index (χ1v) is 9.38. The minimum absolute atomic E-state index is 0.128. The molecule has 0 atom stereocenters. The van der Waals surface area contributed by atoms with E-state index in [-0.39, 0.29) is 18.3 Å². The summed E-state index contributed by atoms with van der Waals surface area (Å²) in [5.41, 5.74) is 0.519. The van der Waals surface area contributed by atoms with Crippen LogP contribution >= 0.6 is 12.2 Å². The van der Waals surface area contributed by atoms with E-state index in [9.17, 15) is 9.59 Å². The quantitative estimate of drug-likeness (QED) is 0.574. The zero-order valence-electron chi connectivity index (χ0n) is 14.4. The van der Waals surface area contributed by atoms with Gasteiger partial charge in [0.1, 0.15) is 0 Å². The van der Waals surface area contributed by atoms with Crippen LogP contribution in [0.1, 0.15) is 38.5 Å². The monoisotopic (exact) mass is 375 g/mol. The molecule has 0 saturated heterocycles. The van der Waals surface area contributed by atoms with Crippen molar-refractivity contribution in [1.29, 1.82) is 0 Å². The van der Waals surface area contributed by atoms with Gasteiger partial charge in [0, 0.05) is 25.1 Å². The molecular formula is C18H21N3O4S. The smallest absolute Gasteiger partial charge is 0.262 e. The highest BCUT2D eigenvalue weighted by Gasteiger charge is 2.22. The fourth-order valence-electron chi connectivity index (χ4n) is 3.11. The number of nitrogens with zero attached hydrogens (tertiary/aromatic N) is 1. The fourth-order valence-corrected chi connectivity index (χ4v) is 3.39. The first-order chi connectivity index (χ1) is 12.6. The number of ether oxygens (including phenoxy) is 2. The van der Waals surface area contributed by atoms with Gasteiger partial charge in [0.05, 0.1) is 10.9 Å². The minimum Gasteiger partial charge on any atom is -0.454 e. The third-order valence-electron chi connectivity index (χ3n) is 4.70. The van der Waals surface area contributed by atoms with Crippen LogP contribution in [0.4, 0.5) is 0 Å². The van der Waals surface area contributed by atoms with Crippen molar-refractivity contribution < 1.29 is 14.3 Å². The van der Waals surface area contributed by atoms with Gasteiger partial charge in [-0.1, -0.05) is 6.42 Å². The van der Waals surface area contributed by atoms with Gasteiger partial charge in [-0.25, -0.2) is 0 Å². The normalized spacial score (nSPS) is 15.4. The topological polar surface area (TPSA) is 85.4 Å². The van der Waals surface area contributed by atoms with Gasteiger partial charge in [-0.15, -0.1) is 0 Å². The second kappa shape index (κ2) is 7.11. The summed E-state index contributed by atoms with van der Waals surface area (Å²) in [6, 6.07) is 3.86. The van der Waals surface area contributed by atoms with Crippen molar-refractivity contribution in [3.05, 3.63) is 27.3 Å². The number of aromatic amines is 1. The average molecular weight is 375 g/mol. The lowest BCUT2D eigenvalue weighted by Gasteiger charge is -2.09. The summed E-state index contributed by atoms with van der Waals surface area (Å²) >= 11 is 5.34. The Morgan fingerprint density at radius 1 is 1.23 bits per heavy atom. The second-order valence-corrected chi connectivity index (χ2v) is 7.18. The van der Waals surface area contributed by atoms with Gasteiger partial charge in [-0.05, 0) is 44.0 Å². The first kappa shape index (κ1) is 17.1. The second-order valence-electron chi connectivity index (χ2n) is 6.79. The van der Waals surface area contributed by atoms with Crippen LogP contribution in [0.25, 0.3) is 10.9 Å². The molecule has 0 bridgehead atoms. The van der Waals surface area contributed by atoms with Crippen LogP contribution in [-0.2, 0) is 11.3 Å². The van der Waals surface area contributed by atoms with E-state index in [1.165, 1.54) is 0 Å². The van der Waals surface area contributed by atoms with E-state index in [2.05, 4.69) is 10.3 Å². The van der Waals surface area contributed by atoms with Crippen molar-refractivity contribution in [3.8, 4) is 11.5 Å². The molecule has 2 heterocycles. The highest BCUT2D eigenvalue weighted by atomic mass is 32.1. The molecule has 1 saturated carbocycles. The largest absolute Gasteiger partial charge is 0.454 e. The lowest BCUT2D eigenvalue weighted by atomic mass is 10.2. The predicted molar refractivity (Wildman–Crippen MR) is 99.1 cm³/mol. The van der Waals surface area contributed by atoms with Crippen molar-refractivity contribution in [3.63, 3.8) is 0 Å². The van der Waals surface area contributed by atoms with Gasteiger partial charge in [0.25, 0.3) is 5.56 Å². The van der Waals surface area contributed by atoms with E-state index in [1.54, 1.807) is 16.7 Å². The van der Waals surface area contributed by atoms with Crippen LogP contribution in [-0.4, -0.2) is 28.3 Å². The molecule has 2 N–H and O–H groups in total. The van der Waals surface area contributed by atoms with Crippen molar-refractivity contribution in [2.24, 2.45) is 0 Å². The Bertz CT molecular complexity index is 961. The summed E-state index contributed by atoms with van der Waals surface area (Å²) < 4.78 is 12.7. The number of nitrogens with one attached hydrogen (secondary N) is 2. The molecule has 26 heavy (non-hydrogen) atoms. The number of unbranched alkanes of at least 4 members (excludes halogenated alkanes) is 2. The van der Waals surface area contributed by atoms with Crippen LogP contribution in [0.2, 0.25) is 0 Å². The molecule has 1 aliphatic heterocycles. The molecule has 1 aromatic heterocycles. The van der Waals surface area contributed by atoms with Crippen molar-refractivity contribution in [2.75, 3.05) is 6.79 Å². The van der Waals surface area contributed by atoms with Gasteiger partial charge < -0.3 is 19.8 Å². The summed E-state index contributed by atoms with van der Waals surface area (Å²) in [5.74, 6) is 1.32. The average Bonchev–Trinajstić information content (AvgIpc) is 3.30. The molecule has 0 radical (unpaired) electrons. The summed E-state index contributed by atoms with van der Waals surface area (Å²) in [7, 11) is 0. The number of carbonyl (C=O) groups excluding carboxylic acids is 1. The SMILES string of the molecule is O=C(CCCCCn1c(=S)[nH]c2cc3c(cc2c1=O)OCO3)NC1CC1. The van der Waals surface area contributed by atoms with Gasteiger partial charge >= 0.3 is 0 Å². The highest BCUT2D eigenvalue weighted by Crippen LogP contribution is 2.34. The third-order valence-corrected chi connectivity index (χ3v) is 5.03. The third kappa shape index (κ3) is 3.60. The number of hydrogen-bond donors (Lipinski definition) is 2. The molecule has 138 valence electrons. The maximum Gasteiger partial charge on any atom is 0.262 e. The lowest BCUT2D eigenvalue weighted by Crippen LogP contribution is -2.25. The van der Waals surface area contributed by atoms with Crippen molar-refractivity contribution >= 4 is 29.0 Å². The number of rotatable bonds is 7. The van der Waals surface area contributed by atoms with E-state index < -0.39 is 0 Å². The van der Waals surface area contributed by atoms with Gasteiger partial charge in [-0.2, -0.15) is 0 Å². The van der Waals surface area contributed by atoms with E-state index in [1.807, 2.05) is 0 Å². The molecule has 2 aromatic rings. The van der Waals surface area contributed by atoms with Crippen molar-refractivity contribution in [2.45, 2.75) is 51.1 Å². The minimum atomic E-state index is -0.131. The Kier molecular flexibility index (Phi) is 4.67. The molecule has 1 aromatic carbocycles. The van der Waals surface area contributed by atoms with Crippen LogP contribution in [0.3, 0.4) is 0 Å². The van der Waals surface area contributed by atoms with Gasteiger partial charge in [0.2, 0.25) is 12.7 Å². The van der Waals surface area contributed by atoms with Gasteiger partial charge in [0.15, 0.2) is 16.3 Å². The number of hydrogen-bond acceptors (Lipinski definition) is 5. The van der Waals surface area contributed by atoms with E-state index in [4.69, 9.17) is 21.7 Å². The number of carbonyl (C=O) groups is 1. The Morgan fingerprint density at radius 2 is 2.00 bits per heavy atom. The molecule has 2 aliphatic rings. The van der Waals surface area contributed by atoms with Crippen LogP contribution < -0.4 is 20.3 Å². The Balaban J connectivity index is 1.40. The summed E-state index contributed by atoms with van der Waals surface area (Å²) in [4.78, 5) is 27.5. The zero-order chi connectivity index (χ0) is 18.1. The molecule has 1 amide bonds. The van der Waals surface area contributed by atoms with E-state index >= 15 is 0 Å². The molecule has 8 heteroatoms.